The lowest BCUT2D eigenvalue weighted by molar-refractivity contribution is -0.119. The maximum Gasteiger partial charge on any atom is 0.240 e. The summed E-state index contributed by atoms with van der Waals surface area (Å²) in [5.41, 5.74) is 1.31. The molecule has 152 valence electrons. The van der Waals surface area contributed by atoms with Crippen LogP contribution in [0.25, 0.3) is 0 Å². The minimum Gasteiger partial charge on any atom is -0.354 e. The van der Waals surface area contributed by atoms with Crippen LogP contribution in [-0.2, 0) is 20.6 Å². The number of sulfonamides is 1. The van der Waals surface area contributed by atoms with Crippen LogP contribution in [0.15, 0.2) is 42.5 Å². The van der Waals surface area contributed by atoms with Gasteiger partial charge in [0, 0.05) is 23.1 Å². The highest BCUT2D eigenvalue weighted by Gasteiger charge is 2.21. The molecule has 0 saturated heterocycles. The Hall–Kier alpha value is -1.12. The molecule has 0 aromatic heterocycles. The summed E-state index contributed by atoms with van der Waals surface area (Å²) in [5.74, 6) is 0.992. The van der Waals surface area contributed by atoms with Crippen molar-refractivity contribution >= 4 is 68.2 Å². The van der Waals surface area contributed by atoms with Gasteiger partial charge in [-0.05, 0) is 29.8 Å². The number of thioether (sulfide) groups is 1. The van der Waals surface area contributed by atoms with Crippen molar-refractivity contribution in [3.63, 3.8) is 0 Å². The summed E-state index contributed by atoms with van der Waals surface area (Å²) in [4.78, 5) is 12.2. The van der Waals surface area contributed by atoms with Gasteiger partial charge in [-0.15, -0.1) is 0 Å². The van der Waals surface area contributed by atoms with Crippen molar-refractivity contribution in [1.82, 2.24) is 5.32 Å². The van der Waals surface area contributed by atoms with Gasteiger partial charge >= 0.3 is 0 Å². The molecule has 0 saturated carbocycles. The quantitative estimate of drug-likeness (QED) is 0.537. The summed E-state index contributed by atoms with van der Waals surface area (Å²) >= 11 is 19.6. The van der Waals surface area contributed by atoms with Gasteiger partial charge in [0.15, 0.2) is 0 Å². The highest BCUT2D eigenvalue weighted by Crippen LogP contribution is 2.28. The Kier molecular flexibility index (Phi) is 8.77. The fourth-order valence-electron chi connectivity index (χ4n) is 2.29. The molecule has 10 heteroatoms. The minimum absolute atomic E-state index is 0.212. The first-order valence-corrected chi connectivity index (χ1v) is 12.3. The van der Waals surface area contributed by atoms with E-state index in [2.05, 4.69) is 5.32 Å². The first-order valence-electron chi connectivity index (χ1n) is 8.19. The van der Waals surface area contributed by atoms with E-state index in [0.29, 0.717) is 22.3 Å². The number of nitrogens with zero attached hydrogens (tertiary/aromatic N) is 1. The minimum atomic E-state index is -3.67. The van der Waals surface area contributed by atoms with E-state index in [1.165, 1.54) is 18.2 Å². The molecule has 0 bridgehead atoms. The number of carbonyl (C=O) groups is 1. The molecule has 0 heterocycles. The van der Waals surface area contributed by atoms with E-state index in [1.807, 2.05) is 24.3 Å². The Balaban J connectivity index is 1.86. The third-order valence-corrected chi connectivity index (χ3v) is 6.92. The molecule has 0 aliphatic carbocycles. The fraction of sp³-hybridized carbons (Fsp3) is 0.278. The average molecular weight is 482 g/mol. The Labute approximate surface area is 184 Å². The molecule has 1 N–H and O–H groups in total. The lowest BCUT2D eigenvalue weighted by Gasteiger charge is -2.22. The monoisotopic (exact) mass is 480 g/mol. The van der Waals surface area contributed by atoms with E-state index < -0.39 is 15.9 Å². The number of anilines is 1. The molecule has 5 nitrogen and oxygen atoms in total. The largest absolute Gasteiger partial charge is 0.354 e. The molecule has 0 aliphatic heterocycles. The van der Waals surface area contributed by atoms with Crippen LogP contribution in [0, 0.1) is 0 Å². The lowest BCUT2D eigenvalue weighted by atomic mass is 10.2. The maximum atomic E-state index is 12.2. The van der Waals surface area contributed by atoms with Crippen LogP contribution in [-0.4, -0.2) is 39.4 Å². The summed E-state index contributed by atoms with van der Waals surface area (Å²) in [6, 6.07) is 12.0. The molecule has 2 aromatic rings. The van der Waals surface area contributed by atoms with Gasteiger partial charge in [0.2, 0.25) is 15.9 Å². The van der Waals surface area contributed by atoms with Crippen molar-refractivity contribution in [2.45, 2.75) is 5.75 Å². The van der Waals surface area contributed by atoms with E-state index in [0.717, 1.165) is 21.9 Å². The van der Waals surface area contributed by atoms with Crippen LogP contribution in [0.5, 0.6) is 0 Å². The molecule has 28 heavy (non-hydrogen) atoms. The summed E-state index contributed by atoms with van der Waals surface area (Å²) in [6.07, 6.45) is 1.03. The average Bonchev–Trinajstić information content (AvgIpc) is 2.62. The van der Waals surface area contributed by atoms with Crippen LogP contribution in [0.2, 0.25) is 15.1 Å². The summed E-state index contributed by atoms with van der Waals surface area (Å²) in [6.45, 7) is 0.0684. The van der Waals surface area contributed by atoms with E-state index in [9.17, 15) is 13.2 Å². The number of hydrogen-bond donors (Lipinski definition) is 1. The van der Waals surface area contributed by atoms with Gasteiger partial charge in [-0.3, -0.25) is 9.10 Å². The Morgan fingerprint density at radius 3 is 2.43 bits per heavy atom. The van der Waals surface area contributed by atoms with Crippen molar-refractivity contribution in [2.24, 2.45) is 0 Å². The first-order chi connectivity index (χ1) is 13.2. The molecule has 2 aromatic carbocycles. The van der Waals surface area contributed by atoms with Gasteiger partial charge in [0.05, 0.1) is 22.0 Å². The predicted octanol–water partition coefficient (Wildman–Crippen LogP) is 4.46. The third-order valence-electron chi connectivity index (χ3n) is 3.66. The molecule has 2 rings (SSSR count). The third kappa shape index (κ3) is 7.04. The standard InChI is InChI=1S/C18H19Cl3N2O3S2/c1-28(25,26)23(14-6-7-16(20)17(21)10-14)11-18(24)22-8-9-27-12-13-4-2-3-5-15(13)19/h2-7,10H,8-9,11-12H2,1H3,(H,22,24). The van der Waals surface area contributed by atoms with Crippen LogP contribution in [0.1, 0.15) is 5.56 Å². The topological polar surface area (TPSA) is 66.5 Å². The van der Waals surface area contributed by atoms with Crippen molar-refractivity contribution in [3.05, 3.63) is 63.1 Å². The summed E-state index contributed by atoms with van der Waals surface area (Å²) in [7, 11) is -3.67. The molecule has 0 radical (unpaired) electrons. The normalized spacial score (nSPS) is 11.3. The van der Waals surface area contributed by atoms with Crippen molar-refractivity contribution in [2.75, 3.05) is 29.4 Å². The van der Waals surface area contributed by atoms with Gasteiger partial charge in [0.25, 0.3) is 0 Å². The van der Waals surface area contributed by atoms with Crippen LogP contribution in [0.3, 0.4) is 0 Å². The molecular weight excluding hydrogens is 463 g/mol. The summed E-state index contributed by atoms with van der Waals surface area (Å²) < 4.78 is 25.2. The molecule has 0 spiro atoms. The Morgan fingerprint density at radius 2 is 1.79 bits per heavy atom. The Morgan fingerprint density at radius 1 is 1.07 bits per heavy atom. The second kappa shape index (κ2) is 10.6. The van der Waals surface area contributed by atoms with Crippen LogP contribution in [0.4, 0.5) is 5.69 Å². The molecule has 0 unspecified atom stereocenters. The fourth-order valence-corrected chi connectivity index (χ4v) is 4.57. The Bertz CT molecular complexity index is 939. The lowest BCUT2D eigenvalue weighted by Crippen LogP contribution is -2.41. The van der Waals surface area contributed by atoms with Crippen LogP contribution < -0.4 is 9.62 Å². The summed E-state index contributed by atoms with van der Waals surface area (Å²) in [5, 5.41) is 3.95. The maximum absolute atomic E-state index is 12.2. The smallest absolute Gasteiger partial charge is 0.240 e. The zero-order valence-corrected chi connectivity index (χ0v) is 18.9. The SMILES string of the molecule is CS(=O)(=O)N(CC(=O)NCCSCc1ccccc1Cl)c1ccc(Cl)c(Cl)c1. The number of halogens is 3. The zero-order valence-electron chi connectivity index (χ0n) is 15.0. The van der Waals surface area contributed by atoms with Crippen molar-refractivity contribution < 1.29 is 13.2 Å². The van der Waals surface area contributed by atoms with E-state index >= 15 is 0 Å². The number of carbonyl (C=O) groups excluding carboxylic acids is 1. The predicted molar refractivity (Wildman–Crippen MR) is 119 cm³/mol. The molecule has 0 atom stereocenters. The molecule has 1 amide bonds. The highest BCUT2D eigenvalue weighted by atomic mass is 35.5. The second-order valence-corrected chi connectivity index (χ2v) is 10.1. The van der Waals surface area contributed by atoms with Crippen molar-refractivity contribution in [1.29, 1.82) is 0 Å². The molecule has 0 fully saturated rings. The van der Waals surface area contributed by atoms with Gasteiger partial charge < -0.3 is 5.32 Å². The highest BCUT2D eigenvalue weighted by molar-refractivity contribution is 7.98. The molecule has 0 aliphatic rings. The van der Waals surface area contributed by atoms with Gasteiger partial charge in [0.1, 0.15) is 6.54 Å². The first kappa shape index (κ1) is 23.2. The van der Waals surface area contributed by atoms with Gasteiger partial charge in [-0.2, -0.15) is 11.8 Å². The van der Waals surface area contributed by atoms with Crippen LogP contribution >= 0.6 is 46.6 Å². The van der Waals surface area contributed by atoms with Gasteiger partial charge in [-0.1, -0.05) is 53.0 Å². The van der Waals surface area contributed by atoms with Gasteiger partial charge in [-0.25, -0.2) is 8.42 Å². The zero-order chi connectivity index (χ0) is 20.7. The number of nitrogens with one attached hydrogen (secondary N) is 1. The second-order valence-electron chi connectivity index (χ2n) is 5.86. The number of amides is 1. The number of hydrogen-bond acceptors (Lipinski definition) is 4. The number of rotatable bonds is 9. The number of benzene rings is 2. The van der Waals surface area contributed by atoms with Crippen molar-refractivity contribution in [3.8, 4) is 0 Å². The van der Waals surface area contributed by atoms with E-state index in [4.69, 9.17) is 34.8 Å². The molecular formula is C18H19Cl3N2O3S2. The van der Waals surface area contributed by atoms with E-state index in [-0.39, 0.29) is 17.3 Å². The van der Waals surface area contributed by atoms with E-state index in [1.54, 1.807) is 11.8 Å².